The van der Waals surface area contributed by atoms with Gasteiger partial charge in [-0.05, 0) is 65.7 Å². The molecule has 2 amide bonds. The van der Waals surface area contributed by atoms with Crippen LogP contribution in [0.1, 0.15) is 65.3 Å². The van der Waals surface area contributed by atoms with E-state index in [1.54, 1.807) is 54.5 Å². The summed E-state index contributed by atoms with van der Waals surface area (Å²) in [5.41, 5.74) is 0.522. The molecule has 1 aromatic rings. The predicted octanol–water partition coefficient (Wildman–Crippen LogP) is 3.82. The maximum absolute atomic E-state index is 12.0. The van der Waals surface area contributed by atoms with Crippen molar-refractivity contribution >= 4 is 24.0 Å². The van der Waals surface area contributed by atoms with Crippen LogP contribution in [0, 0.1) is 6.92 Å². The monoisotopic (exact) mass is 409 g/mol. The normalized spacial score (nSPS) is 11.4. The molecular formula is C20H31N3O6. The molecule has 0 radical (unpaired) electrons. The van der Waals surface area contributed by atoms with Crippen LogP contribution in [-0.4, -0.2) is 34.3 Å². The molecule has 0 bridgehead atoms. The Morgan fingerprint density at radius 1 is 1.00 bits per heavy atom. The lowest BCUT2D eigenvalue weighted by Crippen LogP contribution is -2.32. The second kappa shape index (κ2) is 9.58. The quantitative estimate of drug-likeness (QED) is 0.561. The van der Waals surface area contributed by atoms with Crippen LogP contribution in [0.15, 0.2) is 6.07 Å². The van der Waals surface area contributed by atoms with Crippen LogP contribution in [0.25, 0.3) is 0 Å². The van der Waals surface area contributed by atoms with E-state index in [0.29, 0.717) is 11.3 Å². The number of pyridine rings is 1. The molecule has 2 N–H and O–H groups in total. The van der Waals surface area contributed by atoms with Gasteiger partial charge in [0, 0.05) is 13.5 Å². The standard InChI is InChI=1S/C20H31N3O6/c1-12-9-16(23-18(26)29-20(6,7)8)22-15(11-27-13(2)24)14(12)10-21-17(25)28-19(3,4)5/h9H,10-11H2,1-8H3,(H,21,25)(H,22,23,26). The van der Waals surface area contributed by atoms with Crippen molar-refractivity contribution in [1.29, 1.82) is 0 Å². The summed E-state index contributed by atoms with van der Waals surface area (Å²) in [6.07, 6.45) is -1.23. The highest BCUT2D eigenvalue weighted by Crippen LogP contribution is 2.19. The fourth-order valence-electron chi connectivity index (χ4n) is 2.24. The third-order valence-electron chi connectivity index (χ3n) is 3.28. The molecule has 0 spiro atoms. The van der Waals surface area contributed by atoms with Crippen LogP contribution in [0.2, 0.25) is 0 Å². The van der Waals surface area contributed by atoms with E-state index in [1.165, 1.54) is 6.92 Å². The summed E-state index contributed by atoms with van der Waals surface area (Å²) >= 11 is 0. The Labute approximate surface area is 171 Å². The SMILES string of the molecule is CC(=O)OCc1nc(NC(=O)OC(C)(C)C)cc(C)c1CNC(=O)OC(C)(C)C. The highest BCUT2D eigenvalue weighted by atomic mass is 16.6. The molecule has 0 atom stereocenters. The largest absolute Gasteiger partial charge is 0.459 e. The van der Waals surface area contributed by atoms with Crippen molar-refractivity contribution in [2.75, 3.05) is 5.32 Å². The lowest BCUT2D eigenvalue weighted by molar-refractivity contribution is -0.142. The van der Waals surface area contributed by atoms with Crippen LogP contribution in [-0.2, 0) is 32.2 Å². The number of nitrogens with one attached hydrogen (secondary N) is 2. The van der Waals surface area contributed by atoms with Gasteiger partial charge in [-0.2, -0.15) is 0 Å². The second-order valence-corrected chi connectivity index (χ2v) is 8.51. The van der Waals surface area contributed by atoms with Crippen molar-refractivity contribution < 1.29 is 28.6 Å². The summed E-state index contributed by atoms with van der Waals surface area (Å²) in [5, 5.41) is 5.23. The summed E-state index contributed by atoms with van der Waals surface area (Å²) in [5.74, 6) is -0.221. The molecule has 1 heterocycles. The molecule has 1 aromatic heterocycles. The number of rotatable bonds is 5. The summed E-state index contributed by atoms with van der Waals surface area (Å²) < 4.78 is 15.5. The fourth-order valence-corrected chi connectivity index (χ4v) is 2.24. The highest BCUT2D eigenvalue weighted by molar-refractivity contribution is 5.83. The number of hydrogen-bond acceptors (Lipinski definition) is 7. The van der Waals surface area contributed by atoms with Crippen molar-refractivity contribution in [1.82, 2.24) is 10.3 Å². The second-order valence-electron chi connectivity index (χ2n) is 8.51. The van der Waals surface area contributed by atoms with Crippen LogP contribution in [0.5, 0.6) is 0 Å². The topological polar surface area (TPSA) is 116 Å². The predicted molar refractivity (Wildman–Crippen MR) is 107 cm³/mol. The first kappa shape index (κ1) is 24.2. The van der Waals surface area contributed by atoms with E-state index < -0.39 is 29.4 Å². The first-order chi connectivity index (χ1) is 13.2. The minimum absolute atomic E-state index is 0.106. The third-order valence-corrected chi connectivity index (χ3v) is 3.28. The van der Waals surface area contributed by atoms with E-state index in [9.17, 15) is 14.4 Å². The maximum Gasteiger partial charge on any atom is 0.413 e. The summed E-state index contributed by atoms with van der Waals surface area (Å²) in [4.78, 5) is 39.5. The molecule has 0 saturated carbocycles. The van der Waals surface area contributed by atoms with Crippen LogP contribution >= 0.6 is 0 Å². The Hall–Kier alpha value is -2.84. The van der Waals surface area contributed by atoms with Gasteiger partial charge < -0.3 is 19.5 Å². The number of carbonyl (C=O) groups excluding carboxylic acids is 3. The molecule has 0 aliphatic heterocycles. The minimum Gasteiger partial charge on any atom is -0.459 e. The first-order valence-electron chi connectivity index (χ1n) is 9.26. The summed E-state index contributed by atoms with van der Waals surface area (Å²) in [6.45, 7) is 13.7. The molecule has 0 saturated heterocycles. The van der Waals surface area contributed by atoms with Crippen molar-refractivity contribution in [2.45, 2.75) is 79.7 Å². The van der Waals surface area contributed by atoms with Gasteiger partial charge in [0.15, 0.2) is 0 Å². The Balaban J connectivity index is 3.03. The van der Waals surface area contributed by atoms with Crippen molar-refractivity contribution in [3.63, 3.8) is 0 Å². The van der Waals surface area contributed by atoms with Gasteiger partial charge in [-0.1, -0.05) is 0 Å². The molecule has 0 aliphatic carbocycles. The lowest BCUT2D eigenvalue weighted by Gasteiger charge is -2.21. The summed E-state index contributed by atoms with van der Waals surface area (Å²) in [7, 11) is 0. The zero-order valence-corrected chi connectivity index (χ0v) is 18.4. The van der Waals surface area contributed by atoms with Crippen LogP contribution in [0.4, 0.5) is 15.4 Å². The molecule has 162 valence electrons. The molecule has 9 nitrogen and oxygen atoms in total. The zero-order valence-electron chi connectivity index (χ0n) is 18.4. The number of alkyl carbamates (subject to hydrolysis) is 1. The molecule has 0 aliphatic rings. The minimum atomic E-state index is -0.656. The van der Waals surface area contributed by atoms with E-state index in [2.05, 4.69) is 15.6 Å². The average molecular weight is 409 g/mol. The number of esters is 1. The van der Waals surface area contributed by atoms with Crippen molar-refractivity contribution in [3.05, 3.63) is 22.9 Å². The van der Waals surface area contributed by atoms with Crippen molar-refractivity contribution in [2.24, 2.45) is 0 Å². The number of carbonyl (C=O) groups is 3. The van der Waals surface area contributed by atoms with E-state index >= 15 is 0 Å². The van der Waals surface area contributed by atoms with E-state index in [-0.39, 0.29) is 19.0 Å². The molecule has 1 rings (SSSR count). The lowest BCUT2D eigenvalue weighted by atomic mass is 10.1. The van der Waals surface area contributed by atoms with Gasteiger partial charge in [0.2, 0.25) is 0 Å². The smallest absolute Gasteiger partial charge is 0.413 e. The van der Waals surface area contributed by atoms with Gasteiger partial charge in [-0.3, -0.25) is 10.1 Å². The van der Waals surface area contributed by atoms with Crippen molar-refractivity contribution in [3.8, 4) is 0 Å². The van der Waals surface area contributed by atoms with Gasteiger partial charge >= 0.3 is 18.2 Å². The third kappa shape index (κ3) is 9.77. The highest BCUT2D eigenvalue weighted by Gasteiger charge is 2.20. The molecule has 9 heteroatoms. The molecule has 29 heavy (non-hydrogen) atoms. The fraction of sp³-hybridized carbons (Fsp3) is 0.600. The van der Waals surface area contributed by atoms with Gasteiger partial charge in [0.05, 0.1) is 5.69 Å². The molecule has 0 unspecified atom stereocenters. The Kier molecular flexibility index (Phi) is 7.99. The average Bonchev–Trinajstić information content (AvgIpc) is 2.47. The number of aryl methyl sites for hydroxylation is 1. The molecule has 0 fully saturated rings. The number of anilines is 1. The van der Waals surface area contributed by atoms with Gasteiger partial charge in [0.1, 0.15) is 23.6 Å². The number of hydrogen-bond donors (Lipinski definition) is 2. The summed E-state index contributed by atoms with van der Waals surface area (Å²) in [6, 6.07) is 1.65. The Bertz CT molecular complexity index is 763. The van der Waals surface area contributed by atoms with E-state index in [1.807, 2.05) is 0 Å². The van der Waals surface area contributed by atoms with Gasteiger partial charge in [-0.25, -0.2) is 14.6 Å². The van der Waals surface area contributed by atoms with E-state index in [4.69, 9.17) is 14.2 Å². The number of nitrogens with zero attached hydrogens (tertiary/aromatic N) is 1. The van der Waals surface area contributed by atoms with Crippen LogP contribution in [0.3, 0.4) is 0 Å². The van der Waals surface area contributed by atoms with Crippen LogP contribution < -0.4 is 10.6 Å². The van der Waals surface area contributed by atoms with Gasteiger partial charge in [-0.15, -0.1) is 0 Å². The molecular weight excluding hydrogens is 378 g/mol. The number of amides is 2. The number of ether oxygens (including phenoxy) is 3. The first-order valence-corrected chi connectivity index (χ1v) is 9.26. The maximum atomic E-state index is 12.0. The van der Waals surface area contributed by atoms with E-state index in [0.717, 1.165) is 5.56 Å². The number of aromatic nitrogens is 1. The Morgan fingerprint density at radius 2 is 1.55 bits per heavy atom. The molecule has 0 aromatic carbocycles. The Morgan fingerprint density at radius 3 is 2.07 bits per heavy atom. The zero-order chi connectivity index (χ0) is 22.4. The van der Waals surface area contributed by atoms with Gasteiger partial charge in [0.25, 0.3) is 0 Å².